The first-order chi connectivity index (χ1) is 9.73. The minimum absolute atomic E-state index is 0.0355. The summed E-state index contributed by atoms with van der Waals surface area (Å²) in [5, 5.41) is 9.24. The van der Waals surface area contributed by atoms with Gasteiger partial charge in [-0.15, -0.1) is 0 Å². The highest BCUT2D eigenvalue weighted by molar-refractivity contribution is 7.86. The molecule has 0 bridgehead atoms. The SMILES string of the molecule is O=S(=O)(N1CCCCC1)N1CCC(C(O)C(F)(F)F)CC1. The number of piperidine rings is 2. The van der Waals surface area contributed by atoms with Gasteiger partial charge in [0.05, 0.1) is 0 Å². The fourth-order valence-electron chi connectivity index (χ4n) is 2.95. The minimum atomic E-state index is -4.64. The summed E-state index contributed by atoms with van der Waals surface area (Å²) in [5.41, 5.74) is 0. The zero-order valence-electron chi connectivity index (χ0n) is 11.7. The van der Waals surface area contributed by atoms with E-state index in [2.05, 4.69) is 0 Å². The van der Waals surface area contributed by atoms with Crippen molar-refractivity contribution in [2.75, 3.05) is 26.2 Å². The monoisotopic (exact) mass is 330 g/mol. The third-order valence-electron chi connectivity index (χ3n) is 4.25. The second kappa shape index (κ2) is 6.39. The summed E-state index contributed by atoms with van der Waals surface area (Å²) in [4.78, 5) is 0. The smallest absolute Gasteiger partial charge is 0.383 e. The van der Waals surface area contributed by atoms with Gasteiger partial charge in [0.15, 0.2) is 6.10 Å². The zero-order chi connectivity index (χ0) is 15.7. The molecule has 0 aromatic heterocycles. The maximum atomic E-state index is 12.5. The molecular formula is C12H21F3N2O3S. The molecule has 1 atom stereocenters. The van der Waals surface area contributed by atoms with Crippen molar-refractivity contribution in [1.29, 1.82) is 0 Å². The van der Waals surface area contributed by atoms with Gasteiger partial charge in [0.1, 0.15) is 0 Å². The number of alkyl halides is 3. The number of rotatable bonds is 3. The first-order valence-electron chi connectivity index (χ1n) is 7.23. The molecule has 1 N–H and O–H groups in total. The lowest BCUT2D eigenvalue weighted by Crippen LogP contribution is -2.50. The van der Waals surface area contributed by atoms with Gasteiger partial charge in [-0.1, -0.05) is 6.42 Å². The topological polar surface area (TPSA) is 60.9 Å². The maximum Gasteiger partial charge on any atom is 0.414 e. The minimum Gasteiger partial charge on any atom is -0.383 e. The predicted octanol–water partition coefficient (Wildman–Crippen LogP) is 1.35. The summed E-state index contributed by atoms with van der Waals surface area (Å²) in [6.45, 7) is 1.04. The predicted molar refractivity (Wildman–Crippen MR) is 70.7 cm³/mol. The van der Waals surface area contributed by atoms with Gasteiger partial charge in [0.2, 0.25) is 0 Å². The van der Waals surface area contributed by atoms with E-state index in [1.807, 2.05) is 0 Å². The van der Waals surface area contributed by atoms with E-state index in [0.29, 0.717) is 13.1 Å². The first-order valence-corrected chi connectivity index (χ1v) is 8.62. The standard InChI is InChI=1S/C12H21F3N2O3S/c13-12(14,15)11(18)10-4-8-17(9-5-10)21(19,20)16-6-2-1-3-7-16/h10-11,18H,1-9H2. The number of aliphatic hydroxyl groups is 1. The Kier molecular flexibility index (Phi) is 5.17. The van der Waals surface area contributed by atoms with Crippen LogP contribution < -0.4 is 0 Å². The summed E-state index contributed by atoms with van der Waals surface area (Å²) in [6, 6.07) is 0. The molecule has 124 valence electrons. The van der Waals surface area contributed by atoms with Crippen LogP contribution in [0.4, 0.5) is 13.2 Å². The average molecular weight is 330 g/mol. The first kappa shape index (κ1) is 17.0. The summed E-state index contributed by atoms with van der Waals surface area (Å²) in [5.74, 6) is -0.919. The van der Waals surface area contributed by atoms with Gasteiger partial charge in [0, 0.05) is 26.2 Å². The van der Waals surface area contributed by atoms with Crippen molar-refractivity contribution in [1.82, 2.24) is 8.61 Å². The van der Waals surface area contributed by atoms with E-state index >= 15 is 0 Å². The van der Waals surface area contributed by atoms with Crippen LogP contribution >= 0.6 is 0 Å². The molecule has 0 radical (unpaired) electrons. The van der Waals surface area contributed by atoms with E-state index in [9.17, 15) is 26.7 Å². The van der Waals surface area contributed by atoms with Crippen molar-refractivity contribution in [3.8, 4) is 0 Å². The molecule has 2 aliphatic heterocycles. The van der Waals surface area contributed by atoms with E-state index < -0.39 is 28.4 Å². The lowest BCUT2D eigenvalue weighted by Gasteiger charge is -2.37. The molecule has 0 aliphatic carbocycles. The molecule has 5 nitrogen and oxygen atoms in total. The summed E-state index contributed by atoms with van der Waals surface area (Å²) >= 11 is 0. The van der Waals surface area contributed by atoms with Crippen molar-refractivity contribution in [2.45, 2.75) is 44.4 Å². The molecule has 0 spiro atoms. The molecule has 0 aromatic carbocycles. The molecule has 2 fully saturated rings. The summed E-state index contributed by atoms with van der Waals surface area (Å²) in [6.07, 6.45) is -4.28. The number of nitrogens with zero attached hydrogens (tertiary/aromatic N) is 2. The van der Waals surface area contributed by atoms with Gasteiger partial charge in [0.25, 0.3) is 10.2 Å². The molecule has 2 heterocycles. The highest BCUT2D eigenvalue weighted by atomic mass is 32.2. The Balaban J connectivity index is 1.94. The van der Waals surface area contributed by atoms with Crippen LogP contribution in [-0.4, -0.2) is 60.6 Å². The Morgan fingerprint density at radius 3 is 1.90 bits per heavy atom. The van der Waals surface area contributed by atoms with Gasteiger partial charge in [-0.2, -0.15) is 30.2 Å². The van der Waals surface area contributed by atoms with Crippen molar-refractivity contribution < 1.29 is 26.7 Å². The fourth-order valence-corrected chi connectivity index (χ4v) is 4.67. The van der Waals surface area contributed by atoms with Crippen molar-refractivity contribution in [2.24, 2.45) is 5.92 Å². The van der Waals surface area contributed by atoms with E-state index in [0.717, 1.165) is 19.3 Å². The van der Waals surface area contributed by atoms with Crippen LogP contribution in [0.1, 0.15) is 32.1 Å². The Morgan fingerprint density at radius 1 is 0.952 bits per heavy atom. The third-order valence-corrected chi connectivity index (χ3v) is 6.28. The molecule has 2 rings (SSSR count). The lowest BCUT2D eigenvalue weighted by atomic mass is 9.92. The van der Waals surface area contributed by atoms with Gasteiger partial charge in [-0.25, -0.2) is 0 Å². The van der Waals surface area contributed by atoms with Crippen molar-refractivity contribution >= 4 is 10.2 Å². The van der Waals surface area contributed by atoms with E-state index in [1.165, 1.54) is 8.61 Å². The molecular weight excluding hydrogens is 309 g/mol. The quantitative estimate of drug-likeness (QED) is 0.850. The number of hydrogen-bond donors (Lipinski definition) is 1. The van der Waals surface area contributed by atoms with Crippen molar-refractivity contribution in [3.63, 3.8) is 0 Å². The molecule has 2 aliphatic rings. The van der Waals surface area contributed by atoms with Crippen molar-refractivity contribution in [3.05, 3.63) is 0 Å². The Hall–Kier alpha value is -0.380. The van der Waals surface area contributed by atoms with Crippen LogP contribution in [0.25, 0.3) is 0 Å². The molecule has 9 heteroatoms. The Bertz CT molecular complexity index is 441. The lowest BCUT2D eigenvalue weighted by molar-refractivity contribution is -0.222. The van der Waals surface area contributed by atoms with Crippen LogP contribution in [0.3, 0.4) is 0 Å². The van der Waals surface area contributed by atoms with E-state index in [1.54, 1.807) is 0 Å². The van der Waals surface area contributed by atoms with Crippen LogP contribution in [0.15, 0.2) is 0 Å². The molecule has 1 unspecified atom stereocenters. The summed E-state index contributed by atoms with van der Waals surface area (Å²) < 4.78 is 64.8. The van der Waals surface area contributed by atoms with Crippen LogP contribution in [0.2, 0.25) is 0 Å². The molecule has 2 saturated heterocycles. The second-order valence-electron chi connectivity index (χ2n) is 5.69. The van der Waals surface area contributed by atoms with Crippen LogP contribution in [0, 0.1) is 5.92 Å². The Labute approximate surface area is 122 Å². The van der Waals surface area contributed by atoms with Crippen LogP contribution in [0.5, 0.6) is 0 Å². The van der Waals surface area contributed by atoms with Gasteiger partial charge in [-0.3, -0.25) is 0 Å². The second-order valence-corrected chi connectivity index (χ2v) is 7.62. The highest BCUT2D eigenvalue weighted by Crippen LogP contribution is 2.32. The van der Waals surface area contributed by atoms with Gasteiger partial charge in [-0.05, 0) is 31.6 Å². The average Bonchev–Trinajstić information content (AvgIpc) is 2.46. The largest absolute Gasteiger partial charge is 0.414 e. The number of halogens is 3. The molecule has 0 amide bonds. The van der Waals surface area contributed by atoms with E-state index in [-0.39, 0.29) is 25.9 Å². The molecule has 0 saturated carbocycles. The van der Waals surface area contributed by atoms with Gasteiger partial charge < -0.3 is 5.11 Å². The van der Waals surface area contributed by atoms with Crippen LogP contribution in [-0.2, 0) is 10.2 Å². The number of aliphatic hydroxyl groups excluding tert-OH is 1. The molecule has 21 heavy (non-hydrogen) atoms. The van der Waals surface area contributed by atoms with E-state index in [4.69, 9.17) is 0 Å². The highest BCUT2D eigenvalue weighted by Gasteiger charge is 2.45. The van der Waals surface area contributed by atoms with Gasteiger partial charge >= 0.3 is 6.18 Å². The fraction of sp³-hybridized carbons (Fsp3) is 1.00. The number of hydrogen-bond acceptors (Lipinski definition) is 3. The third kappa shape index (κ3) is 3.88. The summed E-state index contributed by atoms with van der Waals surface area (Å²) in [7, 11) is -3.57. The normalized spacial score (nSPS) is 25.9. The Morgan fingerprint density at radius 2 is 1.43 bits per heavy atom. The molecule has 0 aromatic rings. The maximum absolute atomic E-state index is 12.5. The zero-order valence-corrected chi connectivity index (χ0v) is 12.5.